The number of aliphatic hydroxyl groups excluding tert-OH is 1. The number of thiophene rings is 1. The average Bonchev–Trinajstić information content (AvgIpc) is 2.98. The summed E-state index contributed by atoms with van der Waals surface area (Å²) >= 11 is 3.20. The Hall–Kier alpha value is -1.24. The van der Waals surface area contributed by atoms with Crippen LogP contribution in [0.25, 0.3) is 9.88 Å². The third-order valence-corrected chi connectivity index (χ3v) is 4.21. The lowest BCUT2D eigenvalue weighted by atomic mass is 10.3. The normalized spacial score (nSPS) is 10.5. The molecule has 2 aromatic rings. The molecule has 0 saturated carbocycles. The van der Waals surface area contributed by atoms with Crippen molar-refractivity contribution in [3.05, 3.63) is 28.6 Å². The van der Waals surface area contributed by atoms with Crippen LogP contribution in [-0.4, -0.2) is 29.1 Å². The Balaban J connectivity index is 1.89. The van der Waals surface area contributed by atoms with E-state index < -0.39 is 0 Å². The molecule has 1 amide bonds. The van der Waals surface area contributed by atoms with Gasteiger partial charge >= 0.3 is 0 Å². The van der Waals surface area contributed by atoms with Gasteiger partial charge in [-0.3, -0.25) is 4.79 Å². The Morgan fingerprint density at radius 2 is 2.33 bits per heavy atom. The molecule has 0 saturated heterocycles. The van der Waals surface area contributed by atoms with Crippen LogP contribution in [0.3, 0.4) is 0 Å². The van der Waals surface area contributed by atoms with Crippen LogP contribution >= 0.6 is 22.7 Å². The number of nitrogens with one attached hydrogen (secondary N) is 1. The maximum absolute atomic E-state index is 11.6. The quantitative estimate of drug-likeness (QED) is 0.796. The summed E-state index contributed by atoms with van der Waals surface area (Å²) in [5.41, 5.74) is 0.796. The molecule has 0 atom stereocenters. The first-order valence-electron chi connectivity index (χ1n) is 5.65. The van der Waals surface area contributed by atoms with E-state index in [9.17, 15) is 4.79 Å². The van der Waals surface area contributed by atoms with Crippen LogP contribution in [0.1, 0.15) is 12.1 Å². The van der Waals surface area contributed by atoms with Gasteiger partial charge in [0.05, 0.1) is 17.0 Å². The molecule has 0 radical (unpaired) electrons. The maximum Gasteiger partial charge on any atom is 0.226 e. The molecule has 0 aliphatic rings. The average molecular weight is 282 g/mol. The van der Waals surface area contributed by atoms with Crippen molar-refractivity contribution in [2.24, 2.45) is 0 Å². The van der Waals surface area contributed by atoms with Gasteiger partial charge in [0.1, 0.15) is 5.01 Å². The first kappa shape index (κ1) is 13.2. The maximum atomic E-state index is 11.6. The Bertz CT molecular complexity index is 494. The van der Waals surface area contributed by atoms with E-state index in [2.05, 4.69) is 10.3 Å². The van der Waals surface area contributed by atoms with Gasteiger partial charge in [-0.25, -0.2) is 4.98 Å². The molecule has 96 valence electrons. The summed E-state index contributed by atoms with van der Waals surface area (Å²) in [6.07, 6.45) is 0.885. The van der Waals surface area contributed by atoms with E-state index in [4.69, 9.17) is 5.11 Å². The Kier molecular flexibility index (Phi) is 4.86. The molecular formula is C12H14N2O2S2. The first-order chi connectivity index (χ1) is 8.79. The molecule has 0 aliphatic heterocycles. The van der Waals surface area contributed by atoms with Gasteiger partial charge in [-0.05, 0) is 17.9 Å². The number of aromatic nitrogens is 1. The summed E-state index contributed by atoms with van der Waals surface area (Å²) in [4.78, 5) is 17.1. The molecule has 0 unspecified atom stereocenters. The first-order valence-corrected chi connectivity index (χ1v) is 7.41. The van der Waals surface area contributed by atoms with Crippen LogP contribution in [0.2, 0.25) is 0 Å². The van der Waals surface area contributed by atoms with Crippen molar-refractivity contribution in [3.8, 4) is 9.88 Å². The molecule has 4 nitrogen and oxygen atoms in total. The molecule has 2 aromatic heterocycles. The largest absolute Gasteiger partial charge is 0.396 e. The Morgan fingerprint density at radius 3 is 3.06 bits per heavy atom. The topological polar surface area (TPSA) is 62.2 Å². The number of carbonyl (C=O) groups is 1. The summed E-state index contributed by atoms with van der Waals surface area (Å²) in [6.45, 7) is 0.608. The fourth-order valence-electron chi connectivity index (χ4n) is 1.44. The SMILES string of the molecule is O=C(Cc1csc(-c2cccs2)n1)NCCCO. The van der Waals surface area contributed by atoms with Crippen molar-refractivity contribution < 1.29 is 9.90 Å². The minimum atomic E-state index is -0.0496. The summed E-state index contributed by atoms with van der Waals surface area (Å²) in [6, 6.07) is 4.01. The smallest absolute Gasteiger partial charge is 0.226 e. The Labute approximate surface area is 113 Å². The van der Waals surface area contributed by atoms with Gasteiger partial charge < -0.3 is 10.4 Å². The highest BCUT2D eigenvalue weighted by molar-refractivity contribution is 7.20. The Morgan fingerprint density at radius 1 is 1.44 bits per heavy atom. The number of thiazole rings is 1. The minimum absolute atomic E-state index is 0.0496. The molecular weight excluding hydrogens is 268 g/mol. The number of carbonyl (C=O) groups excluding carboxylic acids is 1. The number of aliphatic hydroxyl groups is 1. The lowest BCUT2D eigenvalue weighted by molar-refractivity contribution is -0.120. The molecule has 0 fully saturated rings. The number of nitrogens with zero attached hydrogens (tertiary/aromatic N) is 1. The molecule has 0 spiro atoms. The highest BCUT2D eigenvalue weighted by Gasteiger charge is 2.09. The molecule has 0 aromatic carbocycles. The molecule has 18 heavy (non-hydrogen) atoms. The van der Waals surface area contributed by atoms with E-state index >= 15 is 0 Å². The minimum Gasteiger partial charge on any atom is -0.396 e. The third-order valence-electron chi connectivity index (χ3n) is 2.28. The van der Waals surface area contributed by atoms with Crippen molar-refractivity contribution in [2.75, 3.05) is 13.2 Å². The van der Waals surface area contributed by atoms with Crippen LogP contribution in [0.4, 0.5) is 0 Å². The van der Waals surface area contributed by atoms with E-state index in [0.717, 1.165) is 15.6 Å². The van der Waals surface area contributed by atoms with Gasteiger partial charge in [0.2, 0.25) is 5.91 Å². The van der Waals surface area contributed by atoms with Gasteiger partial charge in [0.25, 0.3) is 0 Å². The van der Waals surface area contributed by atoms with E-state index in [1.165, 1.54) is 0 Å². The summed E-state index contributed by atoms with van der Waals surface area (Å²) in [5.74, 6) is -0.0496. The fraction of sp³-hybridized carbons (Fsp3) is 0.333. The van der Waals surface area contributed by atoms with Crippen LogP contribution in [-0.2, 0) is 11.2 Å². The molecule has 2 heterocycles. The lowest BCUT2D eigenvalue weighted by Gasteiger charge is -2.01. The number of hydrogen-bond acceptors (Lipinski definition) is 5. The van der Waals surface area contributed by atoms with Crippen molar-refractivity contribution in [1.29, 1.82) is 0 Å². The van der Waals surface area contributed by atoms with Gasteiger partial charge in [-0.15, -0.1) is 22.7 Å². The van der Waals surface area contributed by atoms with Gasteiger partial charge in [0, 0.05) is 18.5 Å². The molecule has 2 rings (SSSR count). The second-order valence-corrected chi connectivity index (χ2v) is 5.53. The predicted octanol–water partition coefficient (Wildman–Crippen LogP) is 1.91. The van der Waals surface area contributed by atoms with E-state index in [1.807, 2.05) is 22.9 Å². The zero-order valence-electron chi connectivity index (χ0n) is 9.76. The van der Waals surface area contributed by atoms with Crippen LogP contribution < -0.4 is 5.32 Å². The van der Waals surface area contributed by atoms with Crippen molar-refractivity contribution >= 4 is 28.6 Å². The second kappa shape index (κ2) is 6.63. The summed E-state index contributed by atoms with van der Waals surface area (Å²) < 4.78 is 0. The highest BCUT2D eigenvalue weighted by Crippen LogP contribution is 2.27. The second-order valence-electron chi connectivity index (χ2n) is 3.73. The molecule has 2 N–H and O–H groups in total. The van der Waals surface area contributed by atoms with E-state index in [-0.39, 0.29) is 12.5 Å². The zero-order valence-corrected chi connectivity index (χ0v) is 11.4. The van der Waals surface area contributed by atoms with Crippen molar-refractivity contribution in [3.63, 3.8) is 0 Å². The number of hydrogen-bond donors (Lipinski definition) is 2. The van der Waals surface area contributed by atoms with Crippen LogP contribution in [0, 0.1) is 0 Å². The number of amides is 1. The molecule has 0 aliphatic carbocycles. The molecule has 6 heteroatoms. The van der Waals surface area contributed by atoms with E-state index in [0.29, 0.717) is 19.4 Å². The standard InChI is InChI=1S/C12H14N2O2S2/c15-5-2-4-13-11(16)7-9-8-18-12(14-9)10-3-1-6-17-10/h1,3,6,8,15H,2,4-5,7H2,(H,13,16). The lowest BCUT2D eigenvalue weighted by Crippen LogP contribution is -2.26. The van der Waals surface area contributed by atoms with Crippen molar-refractivity contribution in [1.82, 2.24) is 10.3 Å². The van der Waals surface area contributed by atoms with Crippen LogP contribution in [0.5, 0.6) is 0 Å². The molecule has 0 bridgehead atoms. The highest BCUT2D eigenvalue weighted by atomic mass is 32.1. The fourth-order valence-corrected chi connectivity index (χ4v) is 3.07. The zero-order chi connectivity index (χ0) is 12.8. The van der Waals surface area contributed by atoms with Gasteiger partial charge in [-0.1, -0.05) is 6.07 Å². The third kappa shape index (κ3) is 3.63. The summed E-state index contributed by atoms with van der Waals surface area (Å²) in [7, 11) is 0. The monoisotopic (exact) mass is 282 g/mol. The van der Waals surface area contributed by atoms with E-state index in [1.54, 1.807) is 22.7 Å². The van der Waals surface area contributed by atoms with Gasteiger partial charge in [0.15, 0.2) is 0 Å². The van der Waals surface area contributed by atoms with Gasteiger partial charge in [-0.2, -0.15) is 0 Å². The van der Waals surface area contributed by atoms with Crippen molar-refractivity contribution in [2.45, 2.75) is 12.8 Å². The predicted molar refractivity (Wildman–Crippen MR) is 73.8 cm³/mol. The van der Waals surface area contributed by atoms with Crippen LogP contribution in [0.15, 0.2) is 22.9 Å². The summed E-state index contributed by atoms with van der Waals surface area (Å²) in [5, 5.41) is 16.3. The number of rotatable bonds is 6.